The number of carbonyl (C=O) groups is 2. The number of urea groups is 1. The summed E-state index contributed by atoms with van der Waals surface area (Å²) in [6, 6.07) is 6.12. The Bertz CT molecular complexity index is 783. The number of halogens is 1. The number of aromatic nitrogens is 1. The molecule has 1 fully saturated rings. The van der Waals surface area contributed by atoms with Crippen molar-refractivity contribution in [2.45, 2.75) is 19.5 Å². The first kappa shape index (κ1) is 18.0. The van der Waals surface area contributed by atoms with E-state index in [1.165, 1.54) is 4.90 Å². The number of aryl methyl sites for hydroxylation is 1. The van der Waals surface area contributed by atoms with Crippen molar-refractivity contribution in [3.8, 4) is 0 Å². The molecule has 2 N–H and O–H groups in total. The van der Waals surface area contributed by atoms with Crippen molar-refractivity contribution >= 4 is 52.3 Å². The molecule has 1 saturated heterocycles. The van der Waals surface area contributed by atoms with Crippen molar-refractivity contribution in [3.05, 3.63) is 45.4 Å². The second-order valence-electron chi connectivity index (χ2n) is 5.50. The summed E-state index contributed by atoms with van der Waals surface area (Å²) in [6.07, 6.45) is 0. The quantitative estimate of drug-likeness (QED) is 0.831. The Labute approximate surface area is 159 Å². The number of thioether (sulfide) groups is 1. The zero-order valence-electron chi connectivity index (χ0n) is 13.5. The number of anilines is 1. The lowest BCUT2D eigenvalue weighted by Crippen LogP contribution is -2.48. The molecule has 0 aliphatic carbocycles. The van der Waals surface area contributed by atoms with Gasteiger partial charge in [-0.2, -0.15) is 0 Å². The van der Waals surface area contributed by atoms with E-state index in [1.54, 1.807) is 47.4 Å². The molecule has 1 atom stereocenters. The monoisotopic (exact) mass is 396 g/mol. The molecule has 1 aliphatic rings. The van der Waals surface area contributed by atoms with E-state index in [0.717, 1.165) is 10.7 Å². The fourth-order valence-electron chi connectivity index (χ4n) is 2.41. The number of hydrogen-bond donors (Lipinski definition) is 2. The predicted octanol–water partition coefficient (Wildman–Crippen LogP) is 3.33. The van der Waals surface area contributed by atoms with Crippen molar-refractivity contribution < 1.29 is 9.59 Å². The molecule has 9 heteroatoms. The van der Waals surface area contributed by atoms with Gasteiger partial charge < -0.3 is 15.5 Å². The second kappa shape index (κ2) is 8.07. The molecule has 132 valence electrons. The number of thiazole rings is 1. The third-order valence-electron chi connectivity index (χ3n) is 3.63. The van der Waals surface area contributed by atoms with Crippen molar-refractivity contribution in [1.82, 2.24) is 15.2 Å². The summed E-state index contributed by atoms with van der Waals surface area (Å²) in [4.78, 5) is 30.8. The normalized spacial score (nSPS) is 16.7. The summed E-state index contributed by atoms with van der Waals surface area (Å²) in [5.41, 5.74) is 1.43. The van der Waals surface area contributed by atoms with E-state index < -0.39 is 6.04 Å². The maximum atomic E-state index is 12.5. The highest BCUT2D eigenvalue weighted by Gasteiger charge is 2.34. The van der Waals surface area contributed by atoms with Crippen LogP contribution in [0.2, 0.25) is 5.02 Å². The number of nitrogens with zero attached hydrogens (tertiary/aromatic N) is 2. The lowest BCUT2D eigenvalue weighted by atomic mass is 10.2. The first-order valence-electron chi connectivity index (χ1n) is 7.62. The van der Waals surface area contributed by atoms with Crippen molar-refractivity contribution in [2.24, 2.45) is 0 Å². The minimum absolute atomic E-state index is 0.170. The van der Waals surface area contributed by atoms with Gasteiger partial charge in [-0.1, -0.05) is 17.7 Å². The van der Waals surface area contributed by atoms with Gasteiger partial charge >= 0.3 is 6.03 Å². The van der Waals surface area contributed by atoms with Gasteiger partial charge in [0.1, 0.15) is 6.04 Å². The van der Waals surface area contributed by atoms with Gasteiger partial charge in [0.05, 0.1) is 23.1 Å². The lowest BCUT2D eigenvalue weighted by molar-refractivity contribution is -0.124. The van der Waals surface area contributed by atoms with Crippen LogP contribution in [0.5, 0.6) is 0 Å². The Morgan fingerprint density at radius 2 is 2.28 bits per heavy atom. The maximum Gasteiger partial charge on any atom is 0.323 e. The second-order valence-corrected chi connectivity index (χ2v) is 8.00. The molecule has 1 aromatic heterocycles. The SMILES string of the molecule is Cc1nc(CNC(=O)[C@H]2CSCN2C(=O)Nc2cccc(Cl)c2)cs1. The van der Waals surface area contributed by atoms with E-state index >= 15 is 0 Å². The molecule has 0 radical (unpaired) electrons. The summed E-state index contributed by atoms with van der Waals surface area (Å²) >= 11 is 9.03. The van der Waals surface area contributed by atoms with E-state index in [4.69, 9.17) is 11.6 Å². The molecule has 0 unspecified atom stereocenters. The highest BCUT2D eigenvalue weighted by Crippen LogP contribution is 2.23. The minimum Gasteiger partial charge on any atom is -0.349 e. The highest BCUT2D eigenvalue weighted by atomic mass is 35.5. The molecule has 25 heavy (non-hydrogen) atoms. The molecule has 6 nitrogen and oxygen atoms in total. The van der Waals surface area contributed by atoms with E-state index in [9.17, 15) is 9.59 Å². The van der Waals surface area contributed by atoms with Crippen LogP contribution in [-0.2, 0) is 11.3 Å². The average molecular weight is 397 g/mol. The van der Waals surface area contributed by atoms with Crippen LogP contribution in [0.25, 0.3) is 0 Å². The Hall–Kier alpha value is -1.77. The van der Waals surface area contributed by atoms with Gasteiger partial charge in [-0.3, -0.25) is 4.79 Å². The fourth-order valence-corrected chi connectivity index (χ4v) is 4.36. The van der Waals surface area contributed by atoms with Crippen molar-refractivity contribution in [3.63, 3.8) is 0 Å². The molecular weight excluding hydrogens is 380 g/mol. The topological polar surface area (TPSA) is 74.3 Å². The number of amides is 3. The van der Waals surface area contributed by atoms with Crippen LogP contribution in [-0.4, -0.2) is 39.5 Å². The molecule has 2 aromatic rings. The van der Waals surface area contributed by atoms with Gasteiger partial charge in [-0.15, -0.1) is 23.1 Å². The zero-order valence-corrected chi connectivity index (χ0v) is 15.9. The minimum atomic E-state index is -0.496. The molecular formula is C16H17ClN4O2S2. The largest absolute Gasteiger partial charge is 0.349 e. The standard InChI is InChI=1S/C16H17ClN4O2S2/c1-10-19-13(7-25-10)6-18-15(22)14-8-24-9-21(14)16(23)20-12-4-2-3-11(17)5-12/h2-5,7,14H,6,8-9H2,1H3,(H,18,22)(H,20,23)/t14-/m1/s1. The van der Waals surface area contributed by atoms with Crippen LogP contribution in [0.4, 0.5) is 10.5 Å². The van der Waals surface area contributed by atoms with E-state index in [-0.39, 0.29) is 11.9 Å². The Balaban J connectivity index is 1.59. The van der Waals surface area contributed by atoms with Gasteiger partial charge in [0.25, 0.3) is 0 Å². The van der Waals surface area contributed by atoms with E-state index in [1.807, 2.05) is 12.3 Å². The van der Waals surface area contributed by atoms with E-state index in [0.29, 0.717) is 28.9 Å². The van der Waals surface area contributed by atoms with Crippen molar-refractivity contribution in [2.75, 3.05) is 16.9 Å². The van der Waals surface area contributed by atoms with Crippen molar-refractivity contribution in [1.29, 1.82) is 0 Å². The third-order valence-corrected chi connectivity index (χ3v) is 5.70. The smallest absolute Gasteiger partial charge is 0.323 e. The van der Waals surface area contributed by atoms with Crippen LogP contribution >= 0.6 is 34.7 Å². The first-order valence-corrected chi connectivity index (χ1v) is 10.0. The van der Waals surface area contributed by atoms with Gasteiger partial charge in [0.15, 0.2) is 0 Å². The summed E-state index contributed by atoms with van der Waals surface area (Å²) in [5, 5.41) is 9.07. The average Bonchev–Trinajstić information content (AvgIpc) is 3.21. The fraction of sp³-hybridized carbons (Fsp3) is 0.312. The van der Waals surface area contributed by atoms with Gasteiger partial charge in [0.2, 0.25) is 5.91 Å². The van der Waals surface area contributed by atoms with Gasteiger partial charge in [-0.05, 0) is 25.1 Å². The Morgan fingerprint density at radius 3 is 3.00 bits per heavy atom. The Morgan fingerprint density at radius 1 is 1.44 bits per heavy atom. The van der Waals surface area contributed by atoms with Crippen LogP contribution < -0.4 is 10.6 Å². The number of benzene rings is 1. The Kier molecular flexibility index (Phi) is 5.82. The van der Waals surface area contributed by atoms with Crippen LogP contribution in [0.15, 0.2) is 29.6 Å². The number of hydrogen-bond acceptors (Lipinski definition) is 5. The number of carbonyl (C=O) groups excluding carboxylic acids is 2. The lowest BCUT2D eigenvalue weighted by Gasteiger charge is -2.23. The van der Waals surface area contributed by atoms with Crippen LogP contribution in [0.1, 0.15) is 10.7 Å². The zero-order chi connectivity index (χ0) is 17.8. The molecule has 1 aliphatic heterocycles. The predicted molar refractivity (Wildman–Crippen MR) is 102 cm³/mol. The van der Waals surface area contributed by atoms with Gasteiger partial charge in [-0.25, -0.2) is 9.78 Å². The number of rotatable bonds is 4. The highest BCUT2D eigenvalue weighted by molar-refractivity contribution is 7.99. The summed E-state index contributed by atoms with van der Waals surface area (Å²) in [5.74, 6) is 0.877. The molecule has 0 spiro atoms. The third kappa shape index (κ3) is 4.65. The summed E-state index contributed by atoms with van der Waals surface area (Å²) < 4.78 is 0. The summed E-state index contributed by atoms with van der Waals surface area (Å²) in [6.45, 7) is 2.29. The molecule has 3 rings (SSSR count). The van der Waals surface area contributed by atoms with Crippen LogP contribution in [0.3, 0.4) is 0 Å². The molecule has 0 saturated carbocycles. The van der Waals surface area contributed by atoms with Gasteiger partial charge in [0, 0.05) is 21.8 Å². The van der Waals surface area contributed by atoms with E-state index in [2.05, 4.69) is 15.6 Å². The molecule has 0 bridgehead atoms. The summed E-state index contributed by atoms with van der Waals surface area (Å²) in [7, 11) is 0. The molecule has 3 amide bonds. The number of nitrogens with one attached hydrogen (secondary N) is 2. The molecule has 2 heterocycles. The van der Waals surface area contributed by atoms with Crippen LogP contribution in [0, 0.1) is 6.92 Å². The first-order chi connectivity index (χ1) is 12.0. The molecule has 1 aromatic carbocycles. The maximum absolute atomic E-state index is 12.5.